The van der Waals surface area contributed by atoms with Gasteiger partial charge in [0.25, 0.3) is 0 Å². The first-order chi connectivity index (χ1) is 11.3. The lowest BCUT2D eigenvalue weighted by Crippen LogP contribution is -2.46. The normalized spacial score (nSPS) is 24.5. The van der Waals surface area contributed by atoms with Crippen LogP contribution in [-0.4, -0.2) is 55.5 Å². The summed E-state index contributed by atoms with van der Waals surface area (Å²) >= 11 is 0. The lowest BCUT2D eigenvalue weighted by molar-refractivity contribution is -0.142. The number of ether oxygens (including phenoxy) is 3. The Kier molecular flexibility index (Phi) is 6.27. The highest BCUT2D eigenvalue weighted by atomic mass is 16.6. The molecule has 0 saturated carbocycles. The van der Waals surface area contributed by atoms with E-state index in [1.54, 1.807) is 4.90 Å². The highest BCUT2D eigenvalue weighted by Crippen LogP contribution is 2.27. The molecule has 0 radical (unpaired) electrons. The van der Waals surface area contributed by atoms with Gasteiger partial charge in [-0.1, -0.05) is 11.6 Å². The van der Waals surface area contributed by atoms with Crippen LogP contribution in [0.3, 0.4) is 0 Å². The zero-order valence-electron chi connectivity index (χ0n) is 15.2. The van der Waals surface area contributed by atoms with E-state index in [2.05, 4.69) is 6.08 Å². The first kappa shape index (κ1) is 18.8. The molecule has 3 aliphatic rings. The number of hydrogen-bond acceptors (Lipinski definition) is 5. The molecule has 0 aliphatic carbocycles. The summed E-state index contributed by atoms with van der Waals surface area (Å²) < 4.78 is 16.3. The van der Waals surface area contributed by atoms with Gasteiger partial charge in [-0.2, -0.15) is 0 Å². The van der Waals surface area contributed by atoms with Gasteiger partial charge in [-0.15, -0.1) is 0 Å². The first-order valence-corrected chi connectivity index (χ1v) is 8.67. The van der Waals surface area contributed by atoms with E-state index in [0.29, 0.717) is 39.3 Å². The van der Waals surface area contributed by atoms with Crippen molar-refractivity contribution in [1.82, 2.24) is 4.90 Å². The van der Waals surface area contributed by atoms with Crippen molar-refractivity contribution in [2.24, 2.45) is 11.8 Å². The van der Waals surface area contributed by atoms with Crippen LogP contribution >= 0.6 is 0 Å². The molecule has 0 spiro atoms. The van der Waals surface area contributed by atoms with Crippen molar-refractivity contribution in [2.75, 3.05) is 32.9 Å². The lowest BCUT2D eigenvalue weighted by atomic mass is 9.90. The number of rotatable bonds is 3. The molecule has 1 fully saturated rings. The molecule has 3 heterocycles. The number of hydrogen-bond donors (Lipinski definition) is 0. The van der Waals surface area contributed by atoms with Crippen LogP contribution in [0.2, 0.25) is 0 Å². The Hall–Kier alpha value is -1.56. The summed E-state index contributed by atoms with van der Waals surface area (Å²) in [4.78, 5) is 26.0. The van der Waals surface area contributed by atoms with Gasteiger partial charge in [-0.05, 0) is 34.1 Å². The lowest BCUT2D eigenvalue weighted by Gasteiger charge is -2.36. The number of esters is 1. The van der Waals surface area contributed by atoms with E-state index in [4.69, 9.17) is 14.2 Å². The van der Waals surface area contributed by atoms with E-state index in [1.165, 1.54) is 0 Å². The average Bonchev–Trinajstić information content (AvgIpc) is 2.37. The Bertz CT molecular complexity index is 494. The summed E-state index contributed by atoms with van der Waals surface area (Å²) in [6.45, 7) is 10.1. The number of nitrogens with zero attached hydrogens (tertiary/aromatic N) is 1. The monoisotopic (exact) mass is 339 g/mol. The second-order valence-electron chi connectivity index (χ2n) is 7.56. The van der Waals surface area contributed by atoms with Crippen LogP contribution in [0.4, 0.5) is 4.79 Å². The SMILES string of the molecule is CCOC(=O)CC1=CC2COCC(C1)CN(C(=O)OC(C)(C)C)C2. The molecular formula is C18H29NO5. The maximum atomic E-state index is 12.4. The van der Waals surface area contributed by atoms with Gasteiger partial charge in [0.15, 0.2) is 0 Å². The summed E-state index contributed by atoms with van der Waals surface area (Å²) in [5, 5.41) is 0. The number of fused-ring (bicyclic) bond motifs is 5. The minimum atomic E-state index is -0.504. The Morgan fingerprint density at radius 2 is 2.04 bits per heavy atom. The third-order valence-corrected chi connectivity index (χ3v) is 3.97. The molecule has 2 bridgehead atoms. The Morgan fingerprint density at radius 1 is 1.29 bits per heavy atom. The molecule has 0 aromatic heterocycles. The highest BCUT2D eigenvalue weighted by Gasteiger charge is 2.31. The topological polar surface area (TPSA) is 65.1 Å². The summed E-state index contributed by atoms with van der Waals surface area (Å²) in [6, 6.07) is 0. The van der Waals surface area contributed by atoms with Crippen molar-refractivity contribution in [2.45, 2.75) is 46.1 Å². The minimum absolute atomic E-state index is 0.0724. The predicted molar refractivity (Wildman–Crippen MR) is 89.6 cm³/mol. The molecule has 3 aliphatic heterocycles. The van der Waals surface area contributed by atoms with E-state index < -0.39 is 5.60 Å². The van der Waals surface area contributed by atoms with Gasteiger partial charge in [0.2, 0.25) is 0 Å². The zero-order chi connectivity index (χ0) is 17.7. The maximum absolute atomic E-state index is 12.4. The molecule has 0 aromatic rings. The first-order valence-electron chi connectivity index (χ1n) is 8.67. The fraction of sp³-hybridized carbons (Fsp3) is 0.778. The van der Waals surface area contributed by atoms with Crippen LogP contribution in [0.25, 0.3) is 0 Å². The van der Waals surface area contributed by atoms with E-state index in [1.807, 2.05) is 27.7 Å². The van der Waals surface area contributed by atoms with E-state index >= 15 is 0 Å². The summed E-state index contributed by atoms with van der Waals surface area (Å²) in [5.41, 5.74) is 0.589. The highest BCUT2D eigenvalue weighted by molar-refractivity contribution is 5.72. The van der Waals surface area contributed by atoms with Crippen molar-refractivity contribution in [3.63, 3.8) is 0 Å². The van der Waals surface area contributed by atoms with E-state index in [-0.39, 0.29) is 23.9 Å². The van der Waals surface area contributed by atoms with Gasteiger partial charge in [0.1, 0.15) is 5.60 Å². The van der Waals surface area contributed by atoms with Crippen LogP contribution < -0.4 is 0 Å². The smallest absolute Gasteiger partial charge is 0.410 e. The molecule has 6 heteroatoms. The molecular weight excluding hydrogens is 310 g/mol. The van der Waals surface area contributed by atoms with Gasteiger partial charge in [-0.25, -0.2) is 4.79 Å². The van der Waals surface area contributed by atoms with Gasteiger partial charge in [0, 0.05) is 24.9 Å². The van der Waals surface area contributed by atoms with Gasteiger partial charge in [-0.3, -0.25) is 4.79 Å². The number of carbonyl (C=O) groups is 2. The molecule has 0 N–H and O–H groups in total. The summed E-state index contributed by atoms with van der Waals surface area (Å²) in [5.74, 6) is 0.0509. The second-order valence-corrected chi connectivity index (χ2v) is 7.56. The molecule has 3 rings (SSSR count). The minimum Gasteiger partial charge on any atom is -0.466 e. The van der Waals surface area contributed by atoms with Crippen molar-refractivity contribution in [3.05, 3.63) is 11.6 Å². The number of carbonyl (C=O) groups excluding carboxylic acids is 2. The van der Waals surface area contributed by atoms with Crippen molar-refractivity contribution in [1.29, 1.82) is 0 Å². The summed E-state index contributed by atoms with van der Waals surface area (Å²) in [7, 11) is 0. The zero-order valence-corrected chi connectivity index (χ0v) is 15.2. The second kappa shape index (κ2) is 8.01. The van der Waals surface area contributed by atoms with Crippen LogP contribution in [0, 0.1) is 11.8 Å². The third-order valence-electron chi connectivity index (χ3n) is 3.97. The van der Waals surface area contributed by atoms with Crippen molar-refractivity contribution >= 4 is 12.1 Å². The van der Waals surface area contributed by atoms with Crippen LogP contribution in [0.5, 0.6) is 0 Å². The average molecular weight is 339 g/mol. The quantitative estimate of drug-likeness (QED) is 0.584. The van der Waals surface area contributed by atoms with Gasteiger partial charge >= 0.3 is 12.1 Å². The molecule has 0 aromatic carbocycles. The fourth-order valence-electron chi connectivity index (χ4n) is 3.16. The Balaban J connectivity index is 2.09. The molecule has 2 atom stereocenters. The van der Waals surface area contributed by atoms with Crippen LogP contribution in [0.15, 0.2) is 11.6 Å². The van der Waals surface area contributed by atoms with Crippen molar-refractivity contribution in [3.8, 4) is 0 Å². The van der Waals surface area contributed by atoms with E-state index in [9.17, 15) is 9.59 Å². The molecule has 24 heavy (non-hydrogen) atoms. The maximum Gasteiger partial charge on any atom is 0.410 e. The Labute approximate surface area is 144 Å². The molecule has 136 valence electrons. The third kappa shape index (κ3) is 5.82. The van der Waals surface area contributed by atoms with E-state index in [0.717, 1.165) is 12.0 Å². The van der Waals surface area contributed by atoms with Gasteiger partial charge in [0.05, 0.1) is 26.2 Å². The standard InChI is InChI=1S/C18H29NO5/c1-5-23-16(20)8-13-6-14-9-19(17(21)24-18(2,3)4)10-15(7-13)12-22-11-14/h6,14-15H,5,7-12H2,1-4H3. The van der Waals surface area contributed by atoms with Crippen LogP contribution in [-0.2, 0) is 19.0 Å². The molecule has 6 nitrogen and oxygen atoms in total. The fourth-order valence-corrected chi connectivity index (χ4v) is 3.16. The Morgan fingerprint density at radius 3 is 2.71 bits per heavy atom. The van der Waals surface area contributed by atoms with Crippen LogP contribution in [0.1, 0.15) is 40.5 Å². The van der Waals surface area contributed by atoms with Crippen molar-refractivity contribution < 1.29 is 23.8 Å². The number of amides is 1. The largest absolute Gasteiger partial charge is 0.466 e. The molecule has 2 unspecified atom stereocenters. The molecule has 1 amide bonds. The van der Waals surface area contributed by atoms with Gasteiger partial charge < -0.3 is 19.1 Å². The summed E-state index contributed by atoms with van der Waals surface area (Å²) in [6.07, 6.45) is 2.88. The molecule has 1 saturated heterocycles. The predicted octanol–water partition coefficient (Wildman–Crippen LogP) is 2.77.